The molecule has 0 saturated heterocycles. The molecule has 1 aliphatic rings. The number of nitrogens with two attached hydrogens (primary N) is 1. The van der Waals surface area contributed by atoms with Gasteiger partial charge >= 0.3 is 0 Å². The molecule has 1 saturated carbocycles. The van der Waals surface area contributed by atoms with Gasteiger partial charge in [-0.2, -0.15) is 0 Å². The fourth-order valence-corrected chi connectivity index (χ4v) is 3.48. The molecule has 2 rings (SSSR count). The Morgan fingerprint density at radius 2 is 1.95 bits per heavy atom. The average Bonchev–Trinajstić information content (AvgIpc) is 2.52. The fraction of sp³-hybridized carbons (Fsp3) is 0.667. The lowest BCUT2D eigenvalue weighted by molar-refractivity contribution is -0.0103. The molecule has 0 spiro atoms. The minimum absolute atomic E-state index is 0.0889. The molecule has 0 amide bonds. The predicted molar refractivity (Wildman–Crippen MR) is 86.6 cm³/mol. The second kappa shape index (κ2) is 7.81. The van der Waals surface area contributed by atoms with Crippen molar-refractivity contribution in [3.05, 3.63) is 29.3 Å². The summed E-state index contributed by atoms with van der Waals surface area (Å²) in [6.07, 6.45) is 6.49. The molecule has 21 heavy (non-hydrogen) atoms. The maximum Gasteiger partial charge on any atom is 0.123 e. The molecule has 1 aliphatic carbocycles. The van der Waals surface area contributed by atoms with E-state index in [9.17, 15) is 0 Å². The summed E-state index contributed by atoms with van der Waals surface area (Å²) in [5, 5.41) is 0. The summed E-state index contributed by atoms with van der Waals surface area (Å²) >= 11 is 0. The van der Waals surface area contributed by atoms with Crippen LogP contribution in [0.4, 0.5) is 0 Å². The summed E-state index contributed by atoms with van der Waals surface area (Å²) in [6.45, 7) is 4.85. The van der Waals surface area contributed by atoms with E-state index in [1.54, 1.807) is 7.11 Å². The molecule has 2 N–H and O–H groups in total. The van der Waals surface area contributed by atoms with Gasteiger partial charge < -0.3 is 15.2 Å². The molecule has 0 aliphatic heterocycles. The van der Waals surface area contributed by atoms with E-state index in [4.69, 9.17) is 15.2 Å². The first-order valence-corrected chi connectivity index (χ1v) is 8.19. The van der Waals surface area contributed by atoms with Crippen LogP contribution in [-0.4, -0.2) is 19.8 Å². The van der Waals surface area contributed by atoms with Gasteiger partial charge in [-0.15, -0.1) is 0 Å². The lowest BCUT2D eigenvalue weighted by Gasteiger charge is -2.34. The molecule has 0 aromatic heterocycles. The van der Waals surface area contributed by atoms with Crippen LogP contribution < -0.4 is 10.5 Å². The van der Waals surface area contributed by atoms with Crippen molar-refractivity contribution in [2.45, 2.75) is 58.1 Å². The molecule has 3 nitrogen and oxygen atoms in total. The molecular formula is C18H29NO2. The highest BCUT2D eigenvalue weighted by molar-refractivity contribution is 5.39. The predicted octanol–water partition coefficient (Wildman–Crippen LogP) is 3.99. The van der Waals surface area contributed by atoms with Gasteiger partial charge in [-0.05, 0) is 38.7 Å². The van der Waals surface area contributed by atoms with E-state index in [1.807, 2.05) is 6.07 Å². The first kappa shape index (κ1) is 16.3. The van der Waals surface area contributed by atoms with Gasteiger partial charge in [0.1, 0.15) is 5.75 Å². The molecule has 2 atom stereocenters. The van der Waals surface area contributed by atoms with Gasteiger partial charge in [-0.1, -0.05) is 37.0 Å². The van der Waals surface area contributed by atoms with E-state index in [1.165, 1.54) is 37.7 Å². The first-order chi connectivity index (χ1) is 10.2. The minimum atomic E-state index is -0.122. The summed E-state index contributed by atoms with van der Waals surface area (Å²) in [4.78, 5) is 0. The zero-order chi connectivity index (χ0) is 15.2. The number of rotatable bonds is 6. The molecule has 0 radical (unpaired) electrons. The highest BCUT2D eigenvalue weighted by Gasteiger charge is 2.31. The zero-order valence-electron chi connectivity index (χ0n) is 13.6. The Kier molecular flexibility index (Phi) is 6.07. The summed E-state index contributed by atoms with van der Waals surface area (Å²) in [6, 6.07) is 6.08. The Labute approximate surface area is 128 Å². The van der Waals surface area contributed by atoms with Gasteiger partial charge in [0.2, 0.25) is 0 Å². The van der Waals surface area contributed by atoms with Crippen molar-refractivity contribution in [2.24, 2.45) is 11.7 Å². The maximum absolute atomic E-state index is 6.60. The van der Waals surface area contributed by atoms with Crippen molar-refractivity contribution in [2.75, 3.05) is 13.7 Å². The Morgan fingerprint density at radius 3 is 2.57 bits per heavy atom. The second-order valence-electron chi connectivity index (χ2n) is 6.09. The van der Waals surface area contributed by atoms with Crippen molar-refractivity contribution in [1.29, 1.82) is 0 Å². The first-order valence-electron chi connectivity index (χ1n) is 8.19. The summed E-state index contributed by atoms with van der Waals surface area (Å²) < 4.78 is 11.6. The van der Waals surface area contributed by atoms with Gasteiger partial charge in [-0.25, -0.2) is 0 Å². The number of benzene rings is 1. The van der Waals surface area contributed by atoms with E-state index in [0.29, 0.717) is 12.5 Å². The van der Waals surface area contributed by atoms with Crippen LogP contribution in [0.3, 0.4) is 0 Å². The van der Waals surface area contributed by atoms with Crippen LogP contribution >= 0.6 is 0 Å². The van der Waals surface area contributed by atoms with E-state index >= 15 is 0 Å². The number of hydrogen-bond acceptors (Lipinski definition) is 3. The van der Waals surface area contributed by atoms with Crippen LogP contribution in [0.1, 0.15) is 56.2 Å². The van der Waals surface area contributed by atoms with Gasteiger partial charge in [-0.3, -0.25) is 0 Å². The van der Waals surface area contributed by atoms with E-state index in [2.05, 4.69) is 26.0 Å². The third-order valence-electron chi connectivity index (χ3n) is 4.57. The molecule has 2 unspecified atom stereocenters. The minimum Gasteiger partial charge on any atom is -0.496 e. The normalized spacial score (nSPS) is 19.2. The Morgan fingerprint density at radius 1 is 1.24 bits per heavy atom. The molecular weight excluding hydrogens is 262 g/mol. The number of aryl methyl sites for hydroxylation is 1. The van der Waals surface area contributed by atoms with Gasteiger partial charge in [0.25, 0.3) is 0 Å². The molecule has 1 fully saturated rings. The van der Waals surface area contributed by atoms with Gasteiger partial charge in [0.15, 0.2) is 0 Å². The van der Waals surface area contributed by atoms with Crippen LogP contribution in [0.25, 0.3) is 0 Å². The molecule has 0 heterocycles. The van der Waals surface area contributed by atoms with E-state index < -0.39 is 0 Å². The molecule has 1 aromatic carbocycles. The second-order valence-corrected chi connectivity index (χ2v) is 6.09. The molecule has 0 bridgehead atoms. The molecule has 118 valence electrons. The summed E-state index contributed by atoms with van der Waals surface area (Å²) in [5.74, 6) is 1.44. The largest absolute Gasteiger partial charge is 0.496 e. The maximum atomic E-state index is 6.60. The van der Waals surface area contributed by atoms with Crippen molar-refractivity contribution < 1.29 is 9.47 Å². The van der Waals surface area contributed by atoms with Gasteiger partial charge in [0, 0.05) is 12.2 Å². The van der Waals surface area contributed by atoms with E-state index in [0.717, 1.165) is 11.3 Å². The molecule has 3 heteroatoms. The summed E-state index contributed by atoms with van der Waals surface area (Å²) in [7, 11) is 1.71. The Balaban J connectivity index is 2.24. The number of ether oxygens (including phenoxy) is 2. The smallest absolute Gasteiger partial charge is 0.123 e. The fourth-order valence-electron chi connectivity index (χ4n) is 3.48. The van der Waals surface area contributed by atoms with Crippen molar-refractivity contribution in [3.63, 3.8) is 0 Å². The van der Waals surface area contributed by atoms with Crippen LogP contribution in [-0.2, 0) is 4.74 Å². The Hall–Kier alpha value is -1.06. The number of hydrogen-bond donors (Lipinski definition) is 1. The van der Waals surface area contributed by atoms with Crippen molar-refractivity contribution in [1.82, 2.24) is 0 Å². The topological polar surface area (TPSA) is 44.5 Å². The van der Waals surface area contributed by atoms with Crippen LogP contribution in [0.5, 0.6) is 5.75 Å². The molecule has 1 aromatic rings. The standard InChI is InChI=1S/C18H29NO2/c1-4-21-18(14-8-6-5-7-9-14)17(19)15-12-13(2)10-11-16(15)20-3/h10-12,14,17-18H,4-9,19H2,1-3H3. The van der Waals surface area contributed by atoms with Crippen molar-refractivity contribution >= 4 is 0 Å². The quantitative estimate of drug-likeness (QED) is 0.862. The van der Waals surface area contributed by atoms with Gasteiger partial charge in [0.05, 0.1) is 19.3 Å². The Bertz CT molecular complexity index is 441. The van der Waals surface area contributed by atoms with E-state index in [-0.39, 0.29) is 12.1 Å². The highest BCUT2D eigenvalue weighted by Crippen LogP contribution is 2.36. The van der Waals surface area contributed by atoms with Crippen LogP contribution in [0.15, 0.2) is 18.2 Å². The van der Waals surface area contributed by atoms with Crippen molar-refractivity contribution in [3.8, 4) is 5.75 Å². The SMILES string of the molecule is CCOC(C1CCCCC1)C(N)c1cc(C)ccc1OC. The lowest BCUT2D eigenvalue weighted by Crippen LogP contribution is -2.37. The summed E-state index contributed by atoms with van der Waals surface area (Å²) in [5.41, 5.74) is 8.88. The van der Waals surface area contributed by atoms with Crippen LogP contribution in [0.2, 0.25) is 0 Å². The monoisotopic (exact) mass is 291 g/mol. The number of methoxy groups -OCH3 is 1. The third kappa shape index (κ3) is 3.98. The van der Waals surface area contributed by atoms with Crippen LogP contribution in [0, 0.1) is 12.8 Å². The zero-order valence-corrected chi connectivity index (χ0v) is 13.6. The third-order valence-corrected chi connectivity index (χ3v) is 4.57. The average molecular weight is 291 g/mol. The highest BCUT2D eigenvalue weighted by atomic mass is 16.5. The lowest BCUT2D eigenvalue weighted by atomic mass is 9.81.